The Hall–Kier alpha value is -3.92. The predicted molar refractivity (Wildman–Crippen MR) is 215 cm³/mol. The molecule has 0 spiro atoms. The van der Waals surface area contributed by atoms with E-state index in [0.717, 1.165) is 38.5 Å². The summed E-state index contributed by atoms with van der Waals surface area (Å²) in [6.07, 6.45) is 25.6. The van der Waals surface area contributed by atoms with Gasteiger partial charge >= 0.3 is 0 Å². The molecule has 1 rings (SSSR count). The Balaban J connectivity index is 1.80. The van der Waals surface area contributed by atoms with Crippen molar-refractivity contribution in [3.8, 4) is 41.6 Å². The van der Waals surface area contributed by atoms with Gasteiger partial charge in [-0.1, -0.05) is 108 Å². The van der Waals surface area contributed by atoms with Gasteiger partial charge in [-0.15, -0.1) is 0 Å². The van der Waals surface area contributed by atoms with Crippen LogP contribution in [0.25, 0.3) is 0 Å². The number of aliphatic imine (C=N–C) groups is 1. The highest BCUT2D eigenvalue weighted by Crippen LogP contribution is 2.11. The van der Waals surface area contributed by atoms with E-state index < -0.39 is 0 Å². The number of amides is 2. The lowest BCUT2D eigenvalue weighted by molar-refractivity contribution is -0.121. The van der Waals surface area contributed by atoms with Crippen molar-refractivity contribution in [1.29, 1.82) is 5.26 Å². The van der Waals surface area contributed by atoms with E-state index in [1.165, 1.54) is 83.5 Å². The van der Waals surface area contributed by atoms with E-state index in [-0.39, 0.29) is 11.8 Å². The van der Waals surface area contributed by atoms with Crippen LogP contribution in [0.2, 0.25) is 0 Å². The lowest BCUT2D eigenvalue weighted by Gasteiger charge is -2.07. The Bertz CT molecular complexity index is 1330. The summed E-state index contributed by atoms with van der Waals surface area (Å²) in [6, 6.07) is 8.39. The minimum atomic E-state index is -0.337. The molecule has 2 amide bonds. The highest BCUT2D eigenvalue weighted by Gasteiger charge is 2.03. The fourth-order valence-electron chi connectivity index (χ4n) is 5.31. The topological polar surface area (TPSA) is 110 Å². The monoisotopic (exact) mass is 727 g/mol. The van der Waals surface area contributed by atoms with Crippen LogP contribution in [-0.4, -0.2) is 64.2 Å². The van der Waals surface area contributed by atoms with E-state index >= 15 is 0 Å². The zero-order valence-corrected chi connectivity index (χ0v) is 32.6. The van der Waals surface area contributed by atoms with Gasteiger partial charge in [0.05, 0.1) is 33.0 Å². The zero-order chi connectivity index (χ0) is 38.1. The van der Waals surface area contributed by atoms with Gasteiger partial charge in [-0.05, 0) is 61.8 Å². The fraction of sp³-hybridized carbons (Fsp3) is 0.644. The molecule has 0 saturated heterocycles. The normalized spacial score (nSPS) is 10.4. The first kappa shape index (κ1) is 47.1. The summed E-state index contributed by atoms with van der Waals surface area (Å²) in [5.41, 5.74) is 1.13. The molecule has 0 radical (unpaired) electrons. The predicted octanol–water partition coefficient (Wildman–Crippen LogP) is 9.16. The van der Waals surface area contributed by atoms with Gasteiger partial charge in [0.1, 0.15) is 0 Å². The third-order valence-corrected chi connectivity index (χ3v) is 8.38. The lowest BCUT2D eigenvalue weighted by Crippen LogP contribution is -2.25. The molecule has 0 heterocycles. The van der Waals surface area contributed by atoms with Crippen molar-refractivity contribution in [2.24, 2.45) is 4.99 Å². The molecule has 1 aromatic carbocycles. The molecule has 0 saturated carbocycles. The molecule has 8 nitrogen and oxygen atoms in total. The van der Waals surface area contributed by atoms with Gasteiger partial charge in [0, 0.05) is 62.1 Å². The maximum absolute atomic E-state index is 12.1. The summed E-state index contributed by atoms with van der Waals surface area (Å²) in [7, 11) is 0. The van der Waals surface area contributed by atoms with Crippen LogP contribution in [0, 0.1) is 46.9 Å². The van der Waals surface area contributed by atoms with E-state index in [0.29, 0.717) is 70.2 Å². The van der Waals surface area contributed by atoms with Crippen molar-refractivity contribution in [2.75, 3.05) is 46.2 Å². The number of nitrogens with zero attached hydrogens (tertiary/aromatic N) is 2. The van der Waals surface area contributed by atoms with Crippen molar-refractivity contribution in [1.82, 2.24) is 5.32 Å². The molecule has 8 heteroatoms. The first-order chi connectivity index (χ1) is 26.2. The number of carbonyl (C=O) groups excluding carboxylic acids is 2. The van der Waals surface area contributed by atoms with Crippen molar-refractivity contribution in [2.45, 2.75) is 142 Å². The maximum atomic E-state index is 12.1. The number of rotatable bonds is 32. The van der Waals surface area contributed by atoms with E-state index in [4.69, 9.17) is 19.5 Å². The number of carbonyl (C=O) groups is 2. The fourth-order valence-corrected chi connectivity index (χ4v) is 5.31. The summed E-state index contributed by atoms with van der Waals surface area (Å²) in [5, 5.41) is 11.5. The van der Waals surface area contributed by atoms with Crippen LogP contribution >= 0.6 is 0 Å². The lowest BCUT2D eigenvalue weighted by atomic mass is 10.1. The SMILES string of the molecule is CCCCCCCCCCCCC#CC#CCCCCCCCCC(=O)NCCCOCCOCCOCCC=NC(=O)c1ccc(C#CC#N)cc1. The second-order valence-electron chi connectivity index (χ2n) is 13.0. The van der Waals surface area contributed by atoms with Crippen LogP contribution in [0.15, 0.2) is 29.3 Å². The van der Waals surface area contributed by atoms with Crippen LogP contribution in [0.4, 0.5) is 0 Å². The molecular weight excluding hydrogens is 663 g/mol. The summed E-state index contributed by atoms with van der Waals surface area (Å²) in [4.78, 5) is 28.1. The zero-order valence-electron chi connectivity index (χ0n) is 32.6. The third-order valence-electron chi connectivity index (χ3n) is 8.38. The molecule has 0 aromatic heterocycles. The largest absolute Gasteiger partial charge is 0.379 e. The highest BCUT2D eigenvalue weighted by atomic mass is 16.5. The van der Waals surface area contributed by atoms with Crippen LogP contribution < -0.4 is 5.32 Å². The van der Waals surface area contributed by atoms with E-state index in [2.05, 4.69) is 52.8 Å². The second kappa shape index (κ2) is 37.8. The Morgan fingerprint density at radius 3 is 1.77 bits per heavy atom. The summed E-state index contributed by atoms with van der Waals surface area (Å²) < 4.78 is 16.6. The Kier molecular flexibility index (Phi) is 33.6. The molecule has 1 N–H and O–H groups in total. The molecule has 0 unspecified atom stereocenters. The van der Waals surface area contributed by atoms with Crippen molar-refractivity contribution in [3.05, 3.63) is 35.4 Å². The first-order valence-corrected chi connectivity index (χ1v) is 20.2. The molecule has 0 aliphatic heterocycles. The quantitative estimate of drug-likeness (QED) is 0.0450. The Labute approximate surface area is 321 Å². The van der Waals surface area contributed by atoms with Crippen molar-refractivity contribution < 1.29 is 23.8 Å². The van der Waals surface area contributed by atoms with Gasteiger partial charge in [-0.3, -0.25) is 9.59 Å². The van der Waals surface area contributed by atoms with Gasteiger partial charge < -0.3 is 19.5 Å². The molecular formula is C45H65N3O5. The number of nitriles is 1. The summed E-state index contributed by atoms with van der Waals surface area (Å²) in [6.45, 7) is 5.79. The maximum Gasteiger partial charge on any atom is 0.276 e. The van der Waals surface area contributed by atoms with E-state index in [9.17, 15) is 9.59 Å². The molecule has 53 heavy (non-hydrogen) atoms. The number of unbranched alkanes of at least 4 members (excludes halogenated alkanes) is 16. The van der Waals surface area contributed by atoms with Gasteiger partial charge in [-0.2, -0.15) is 5.26 Å². The number of hydrogen-bond donors (Lipinski definition) is 1. The molecule has 0 bridgehead atoms. The van der Waals surface area contributed by atoms with Crippen LogP contribution in [-0.2, 0) is 19.0 Å². The molecule has 0 atom stereocenters. The molecule has 0 fully saturated rings. The van der Waals surface area contributed by atoms with E-state index in [1.807, 2.05) is 0 Å². The van der Waals surface area contributed by atoms with E-state index in [1.54, 1.807) is 36.5 Å². The van der Waals surface area contributed by atoms with Crippen molar-refractivity contribution >= 4 is 18.0 Å². The standard InChI is InChI=1S/C45H65N3O5/c1-2-3-4-5-6-7-8-9-10-11-12-13-14-15-16-17-18-19-20-21-22-23-28-44(49)47-34-25-36-51-38-40-53-41-39-52-37-26-35-48-45(50)43-31-29-42(30-32-43)27-24-33-46/h29-32,35H,2-12,17-23,25-26,28,34,36-41H2,1H3,(H,47,49). The second-order valence-corrected chi connectivity index (χ2v) is 13.0. The first-order valence-electron chi connectivity index (χ1n) is 20.2. The molecule has 1 aromatic rings. The number of nitrogens with one attached hydrogen (secondary N) is 1. The molecule has 0 aliphatic carbocycles. The number of benzene rings is 1. The average molecular weight is 728 g/mol. The highest BCUT2D eigenvalue weighted by molar-refractivity contribution is 5.99. The number of ether oxygens (including phenoxy) is 3. The van der Waals surface area contributed by atoms with Crippen LogP contribution in [0.1, 0.15) is 158 Å². The Morgan fingerprint density at radius 1 is 0.660 bits per heavy atom. The molecule has 290 valence electrons. The molecule has 0 aliphatic rings. The van der Waals surface area contributed by atoms with Crippen LogP contribution in [0.3, 0.4) is 0 Å². The van der Waals surface area contributed by atoms with Gasteiger partial charge in [0.25, 0.3) is 5.91 Å². The minimum Gasteiger partial charge on any atom is -0.379 e. The van der Waals surface area contributed by atoms with Crippen LogP contribution in [0.5, 0.6) is 0 Å². The number of hydrogen-bond acceptors (Lipinski definition) is 6. The minimum absolute atomic E-state index is 0.116. The summed E-state index contributed by atoms with van der Waals surface area (Å²) in [5.74, 6) is 17.2. The van der Waals surface area contributed by atoms with Gasteiger partial charge in [0.2, 0.25) is 5.91 Å². The summed E-state index contributed by atoms with van der Waals surface area (Å²) >= 11 is 0. The van der Waals surface area contributed by atoms with Gasteiger partial charge in [0.15, 0.2) is 6.07 Å². The Morgan fingerprint density at radius 2 is 1.19 bits per heavy atom. The smallest absolute Gasteiger partial charge is 0.276 e. The van der Waals surface area contributed by atoms with Crippen molar-refractivity contribution in [3.63, 3.8) is 0 Å². The third kappa shape index (κ3) is 32.5. The average Bonchev–Trinajstić information content (AvgIpc) is 3.17. The van der Waals surface area contributed by atoms with Gasteiger partial charge in [-0.25, -0.2) is 4.99 Å².